The Balaban J connectivity index is 2.20. The average Bonchev–Trinajstić information content (AvgIpc) is 2.38. The first-order valence-electron chi connectivity index (χ1n) is 6.51. The van der Waals surface area contributed by atoms with Crippen molar-refractivity contribution in [1.82, 2.24) is 0 Å². The summed E-state index contributed by atoms with van der Waals surface area (Å²) in [4.78, 5) is 23.6. The summed E-state index contributed by atoms with van der Waals surface area (Å²) in [5.74, 6) is -5.24. The third kappa shape index (κ3) is 3.87. The van der Waals surface area contributed by atoms with Gasteiger partial charge >= 0.3 is 5.97 Å². The second kappa shape index (κ2) is 6.03. The molecule has 1 aromatic carbocycles. The molecule has 0 heterocycles. The number of benzene rings is 1. The van der Waals surface area contributed by atoms with Crippen LogP contribution in [-0.2, 0) is 16.0 Å². The molecule has 1 aliphatic carbocycles. The Morgan fingerprint density at radius 1 is 1.19 bits per heavy atom. The van der Waals surface area contributed by atoms with Gasteiger partial charge in [-0.05, 0) is 17.2 Å². The van der Waals surface area contributed by atoms with E-state index in [4.69, 9.17) is 0 Å². The lowest BCUT2D eigenvalue weighted by Gasteiger charge is -2.25. The molecular weight excluding hydrogens is 272 g/mol. The lowest BCUT2D eigenvalue weighted by Crippen LogP contribution is -2.34. The number of carbonyl (C=O) groups is 2. The third-order valence-corrected chi connectivity index (χ3v) is 3.30. The summed E-state index contributed by atoms with van der Waals surface area (Å²) in [6.45, 7) is 0. The lowest BCUT2D eigenvalue weighted by molar-refractivity contribution is -0.145. The standard InChI is InChI=1S/C16H16O5/c17-13(9-11-5-2-1-3-6-11)14(15(18)19)12-7-4-8-16(20,21)10-12/h1-8,14,20-21H,9-10H2,(H,18,19). The highest BCUT2D eigenvalue weighted by Gasteiger charge is 2.35. The van der Waals surface area contributed by atoms with Crippen molar-refractivity contribution in [3.63, 3.8) is 0 Å². The van der Waals surface area contributed by atoms with Crippen molar-refractivity contribution >= 4 is 11.8 Å². The maximum atomic E-state index is 12.3. The van der Waals surface area contributed by atoms with Crippen molar-refractivity contribution in [2.24, 2.45) is 5.92 Å². The number of carbonyl (C=O) groups excluding carboxylic acids is 1. The number of Topliss-reactive ketones (excluding diaryl/α,β-unsaturated/α-hetero) is 1. The molecule has 21 heavy (non-hydrogen) atoms. The quantitative estimate of drug-likeness (QED) is 0.556. The van der Waals surface area contributed by atoms with Gasteiger partial charge in [0.1, 0.15) is 5.92 Å². The number of aliphatic hydroxyl groups is 2. The molecule has 3 N–H and O–H groups in total. The molecule has 2 rings (SSSR count). The minimum atomic E-state index is -2.11. The Kier molecular flexibility index (Phi) is 4.35. The molecule has 0 bridgehead atoms. The summed E-state index contributed by atoms with van der Waals surface area (Å²) in [5.41, 5.74) is 0.913. The van der Waals surface area contributed by atoms with Crippen LogP contribution in [0.1, 0.15) is 12.0 Å². The Morgan fingerprint density at radius 2 is 1.86 bits per heavy atom. The van der Waals surface area contributed by atoms with Crippen molar-refractivity contribution in [3.05, 3.63) is 59.7 Å². The number of allylic oxidation sites excluding steroid dienone is 2. The van der Waals surface area contributed by atoms with Crippen molar-refractivity contribution in [2.75, 3.05) is 0 Å². The van der Waals surface area contributed by atoms with Crippen LogP contribution in [0.15, 0.2) is 54.1 Å². The Labute approximate surface area is 121 Å². The minimum Gasteiger partial charge on any atom is -0.480 e. The second-order valence-electron chi connectivity index (χ2n) is 5.06. The van der Waals surface area contributed by atoms with Gasteiger partial charge in [0.15, 0.2) is 11.6 Å². The maximum Gasteiger partial charge on any atom is 0.318 e. The molecule has 0 aromatic heterocycles. The predicted octanol–water partition coefficient (Wildman–Crippen LogP) is 1.07. The third-order valence-electron chi connectivity index (χ3n) is 3.30. The maximum absolute atomic E-state index is 12.3. The van der Waals surface area contributed by atoms with E-state index >= 15 is 0 Å². The molecule has 0 saturated heterocycles. The fourth-order valence-corrected chi connectivity index (χ4v) is 2.34. The number of hydrogen-bond donors (Lipinski definition) is 3. The predicted molar refractivity (Wildman–Crippen MR) is 75.3 cm³/mol. The van der Waals surface area contributed by atoms with Gasteiger partial charge in [-0.3, -0.25) is 9.59 Å². The van der Waals surface area contributed by atoms with Crippen molar-refractivity contribution in [2.45, 2.75) is 18.6 Å². The first-order chi connectivity index (χ1) is 9.89. The number of aliphatic carboxylic acids is 1. The van der Waals surface area contributed by atoms with E-state index in [0.29, 0.717) is 0 Å². The van der Waals surface area contributed by atoms with Gasteiger partial charge in [0.05, 0.1) is 0 Å². The zero-order valence-corrected chi connectivity index (χ0v) is 11.3. The molecule has 1 unspecified atom stereocenters. The van der Waals surface area contributed by atoms with Crippen LogP contribution in [0.3, 0.4) is 0 Å². The van der Waals surface area contributed by atoms with Crippen LogP contribution >= 0.6 is 0 Å². The summed E-state index contributed by atoms with van der Waals surface area (Å²) in [6, 6.07) is 8.84. The van der Waals surface area contributed by atoms with E-state index in [-0.39, 0.29) is 18.4 Å². The van der Waals surface area contributed by atoms with Gasteiger partial charge in [-0.1, -0.05) is 42.5 Å². The molecule has 1 aromatic rings. The molecule has 110 valence electrons. The molecule has 0 saturated carbocycles. The van der Waals surface area contributed by atoms with E-state index in [0.717, 1.165) is 11.6 Å². The Morgan fingerprint density at radius 3 is 2.43 bits per heavy atom. The van der Waals surface area contributed by atoms with Gasteiger partial charge in [0.2, 0.25) is 0 Å². The molecule has 0 spiro atoms. The molecule has 5 nitrogen and oxygen atoms in total. The van der Waals surface area contributed by atoms with Gasteiger partial charge in [-0.15, -0.1) is 0 Å². The topological polar surface area (TPSA) is 94.8 Å². The van der Waals surface area contributed by atoms with E-state index in [1.54, 1.807) is 24.3 Å². The Hall–Kier alpha value is -2.24. The Bertz CT molecular complexity index is 598. The monoisotopic (exact) mass is 288 g/mol. The first kappa shape index (κ1) is 15.2. The summed E-state index contributed by atoms with van der Waals surface area (Å²) in [5, 5.41) is 28.4. The van der Waals surface area contributed by atoms with Crippen molar-refractivity contribution < 1.29 is 24.9 Å². The summed E-state index contributed by atoms with van der Waals surface area (Å²) < 4.78 is 0. The van der Waals surface area contributed by atoms with Crippen LogP contribution in [-0.4, -0.2) is 32.9 Å². The SMILES string of the molecule is O=C(O)C(C(=O)Cc1ccccc1)C1=CC=CC(O)(O)C1. The molecule has 5 heteroatoms. The fourth-order valence-electron chi connectivity index (χ4n) is 2.34. The molecule has 0 fully saturated rings. The number of rotatable bonds is 5. The van der Waals surface area contributed by atoms with Crippen LogP contribution in [0.25, 0.3) is 0 Å². The number of carboxylic acid groups (broad SMARTS) is 1. The largest absolute Gasteiger partial charge is 0.480 e. The normalized spacial score (nSPS) is 17.9. The highest BCUT2D eigenvalue weighted by atomic mass is 16.5. The highest BCUT2D eigenvalue weighted by Crippen LogP contribution is 2.28. The van der Waals surface area contributed by atoms with Crippen LogP contribution in [0.4, 0.5) is 0 Å². The molecule has 0 aliphatic heterocycles. The lowest BCUT2D eigenvalue weighted by atomic mass is 9.84. The van der Waals surface area contributed by atoms with E-state index < -0.39 is 23.5 Å². The molecule has 1 aliphatic rings. The summed E-state index contributed by atoms with van der Waals surface area (Å²) in [7, 11) is 0. The van der Waals surface area contributed by atoms with Gasteiger partial charge in [0, 0.05) is 12.8 Å². The van der Waals surface area contributed by atoms with E-state index in [1.165, 1.54) is 12.2 Å². The highest BCUT2D eigenvalue weighted by molar-refractivity contribution is 6.02. The number of hydrogen-bond acceptors (Lipinski definition) is 4. The van der Waals surface area contributed by atoms with Gasteiger partial charge in [-0.25, -0.2) is 0 Å². The van der Waals surface area contributed by atoms with E-state index in [2.05, 4.69) is 0 Å². The fraction of sp³-hybridized carbons (Fsp3) is 0.250. The van der Waals surface area contributed by atoms with Crippen molar-refractivity contribution in [1.29, 1.82) is 0 Å². The van der Waals surface area contributed by atoms with Gasteiger partial charge in [-0.2, -0.15) is 0 Å². The summed E-state index contributed by atoms with van der Waals surface area (Å²) >= 11 is 0. The first-order valence-corrected chi connectivity index (χ1v) is 6.51. The smallest absolute Gasteiger partial charge is 0.318 e. The minimum absolute atomic E-state index is 0.0112. The molecule has 0 radical (unpaired) electrons. The molecule has 0 amide bonds. The summed E-state index contributed by atoms with van der Waals surface area (Å²) in [6.07, 6.45) is 3.65. The zero-order valence-electron chi connectivity index (χ0n) is 11.3. The van der Waals surface area contributed by atoms with Gasteiger partial charge < -0.3 is 15.3 Å². The number of carboxylic acids is 1. The van der Waals surface area contributed by atoms with Crippen LogP contribution in [0, 0.1) is 5.92 Å². The average molecular weight is 288 g/mol. The molecular formula is C16H16O5. The van der Waals surface area contributed by atoms with Crippen LogP contribution < -0.4 is 0 Å². The van der Waals surface area contributed by atoms with Crippen LogP contribution in [0.5, 0.6) is 0 Å². The van der Waals surface area contributed by atoms with E-state index in [9.17, 15) is 24.9 Å². The van der Waals surface area contributed by atoms with E-state index in [1.807, 2.05) is 6.07 Å². The number of ketones is 1. The van der Waals surface area contributed by atoms with Gasteiger partial charge in [0.25, 0.3) is 0 Å². The zero-order chi connectivity index (χ0) is 15.5. The van der Waals surface area contributed by atoms with Crippen LogP contribution in [0.2, 0.25) is 0 Å². The molecule has 1 atom stereocenters. The second-order valence-corrected chi connectivity index (χ2v) is 5.06. The van der Waals surface area contributed by atoms with Crippen molar-refractivity contribution in [3.8, 4) is 0 Å².